The number of aromatic nitrogens is 2. The summed E-state index contributed by atoms with van der Waals surface area (Å²) in [4.78, 5) is 30.5. The summed E-state index contributed by atoms with van der Waals surface area (Å²) in [6, 6.07) is 7.74. The number of carbonyl (C=O) groups is 2. The molecule has 11 nitrogen and oxygen atoms in total. The Labute approximate surface area is 197 Å². The third kappa shape index (κ3) is 6.75. The summed E-state index contributed by atoms with van der Waals surface area (Å²) in [5.41, 5.74) is 6.21. The number of rotatable bonds is 10. The van der Waals surface area contributed by atoms with E-state index < -0.39 is 5.91 Å². The molecule has 1 saturated heterocycles. The van der Waals surface area contributed by atoms with Gasteiger partial charge in [-0.15, -0.1) is 10.2 Å². The summed E-state index contributed by atoms with van der Waals surface area (Å²) in [7, 11) is 3.27. The molecular weight excluding hydrogens is 440 g/mol. The Morgan fingerprint density at radius 3 is 2.62 bits per heavy atom. The van der Waals surface area contributed by atoms with Crippen molar-refractivity contribution in [2.45, 2.75) is 19.4 Å². The predicted octanol–water partition coefficient (Wildman–Crippen LogP) is 1.76. The highest BCUT2D eigenvalue weighted by Crippen LogP contribution is 2.28. The first-order valence-corrected chi connectivity index (χ1v) is 10.7. The highest BCUT2D eigenvalue weighted by Gasteiger charge is 2.23. The second-order valence-electron chi connectivity index (χ2n) is 7.55. The molecule has 2 amide bonds. The van der Waals surface area contributed by atoms with Gasteiger partial charge in [0.1, 0.15) is 23.4 Å². The highest BCUT2D eigenvalue weighted by molar-refractivity contribution is 6.06. The van der Waals surface area contributed by atoms with E-state index in [1.807, 2.05) is 6.92 Å². The Bertz CT molecular complexity index is 1070. The molecule has 3 N–H and O–H groups in total. The van der Waals surface area contributed by atoms with Crippen molar-refractivity contribution >= 4 is 17.6 Å². The van der Waals surface area contributed by atoms with Crippen LogP contribution < -0.4 is 20.5 Å². The standard InChI is InChI=1S/C23H28N6O5/c1-15(14-32-3)33-17-11-16(22(30)26-20(24)7-8-25-2)12-18(13-17)34-21-6-5-19(27-28-21)23(31)29-9-4-10-29/h5-8,11-13,15,25H,4,9-10,14H2,1-3H3,(H2,24,26,30)/b8-7-/t15-/m0/s1. The maximum atomic E-state index is 12.7. The van der Waals surface area contributed by atoms with Gasteiger partial charge >= 0.3 is 0 Å². The molecule has 1 aliphatic rings. The molecule has 180 valence electrons. The fourth-order valence-corrected chi connectivity index (χ4v) is 3.00. The van der Waals surface area contributed by atoms with Crippen LogP contribution in [0.5, 0.6) is 17.4 Å². The molecule has 2 aromatic rings. The lowest BCUT2D eigenvalue weighted by atomic mass is 10.2. The lowest BCUT2D eigenvalue weighted by Gasteiger charge is -2.30. The lowest BCUT2D eigenvalue weighted by Crippen LogP contribution is -2.42. The van der Waals surface area contributed by atoms with Crippen LogP contribution in [0.3, 0.4) is 0 Å². The summed E-state index contributed by atoms with van der Waals surface area (Å²) < 4.78 is 16.7. The minimum absolute atomic E-state index is 0.0363. The minimum Gasteiger partial charge on any atom is -0.488 e. The third-order valence-electron chi connectivity index (χ3n) is 4.74. The third-order valence-corrected chi connectivity index (χ3v) is 4.74. The number of hydrogen-bond donors (Lipinski definition) is 2. The van der Waals surface area contributed by atoms with Gasteiger partial charge in [-0.3, -0.25) is 9.59 Å². The van der Waals surface area contributed by atoms with Crippen molar-refractivity contribution in [1.29, 1.82) is 0 Å². The second kappa shape index (κ2) is 11.8. The Morgan fingerprint density at radius 2 is 2.00 bits per heavy atom. The van der Waals surface area contributed by atoms with Crippen molar-refractivity contribution in [2.24, 2.45) is 10.7 Å². The van der Waals surface area contributed by atoms with Crippen molar-refractivity contribution < 1.29 is 23.8 Å². The summed E-state index contributed by atoms with van der Waals surface area (Å²) >= 11 is 0. The average molecular weight is 469 g/mol. The molecule has 0 radical (unpaired) electrons. The molecule has 1 fully saturated rings. The first-order valence-electron chi connectivity index (χ1n) is 10.7. The fourth-order valence-electron chi connectivity index (χ4n) is 3.00. The molecule has 0 bridgehead atoms. The van der Waals surface area contributed by atoms with Crippen LogP contribution >= 0.6 is 0 Å². The minimum atomic E-state index is -0.575. The first kappa shape index (κ1) is 24.6. The molecule has 0 aliphatic carbocycles. The van der Waals surface area contributed by atoms with Crippen LogP contribution in [0.1, 0.15) is 34.2 Å². The number of ether oxygens (including phenoxy) is 3. The number of benzene rings is 1. The van der Waals surface area contributed by atoms with E-state index in [0.29, 0.717) is 12.4 Å². The van der Waals surface area contributed by atoms with E-state index >= 15 is 0 Å². The van der Waals surface area contributed by atoms with Gasteiger partial charge < -0.3 is 30.2 Å². The summed E-state index contributed by atoms with van der Waals surface area (Å²) in [5, 5.41) is 10.7. The van der Waals surface area contributed by atoms with Crippen molar-refractivity contribution in [3.63, 3.8) is 0 Å². The molecule has 0 saturated carbocycles. The number of nitrogens with two attached hydrogens (primary N) is 1. The monoisotopic (exact) mass is 468 g/mol. The Hall–Kier alpha value is -3.99. The van der Waals surface area contributed by atoms with E-state index in [4.69, 9.17) is 19.9 Å². The molecule has 11 heteroatoms. The number of nitrogens with zero attached hydrogens (tertiary/aromatic N) is 4. The molecule has 3 rings (SSSR count). The molecule has 1 atom stereocenters. The van der Waals surface area contributed by atoms with Crippen molar-refractivity contribution in [3.05, 3.63) is 53.9 Å². The van der Waals surface area contributed by atoms with Crippen LogP contribution in [-0.4, -0.2) is 72.7 Å². The summed E-state index contributed by atoms with van der Waals surface area (Å²) in [5.74, 6) is 0.108. The topological polar surface area (TPSA) is 141 Å². The number of hydrogen-bond acceptors (Lipinski definition) is 8. The van der Waals surface area contributed by atoms with Gasteiger partial charge in [0.25, 0.3) is 11.8 Å². The van der Waals surface area contributed by atoms with Crippen LogP contribution in [0.2, 0.25) is 0 Å². The molecule has 1 aromatic heterocycles. The quantitative estimate of drug-likeness (QED) is 0.394. The molecule has 34 heavy (non-hydrogen) atoms. The summed E-state index contributed by atoms with van der Waals surface area (Å²) in [6.07, 6.45) is 3.74. The smallest absolute Gasteiger partial charge is 0.279 e. The number of amides is 2. The number of likely N-dealkylation sites (tertiary alicyclic amines) is 1. The van der Waals surface area contributed by atoms with Gasteiger partial charge in [-0.25, -0.2) is 0 Å². The molecule has 1 aromatic carbocycles. The average Bonchev–Trinajstić information content (AvgIpc) is 2.77. The molecule has 1 aliphatic heterocycles. The highest BCUT2D eigenvalue weighted by atomic mass is 16.5. The van der Waals surface area contributed by atoms with Gasteiger partial charge in [0.2, 0.25) is 5.88 Å². The number of amidine groups is 1. The van der Waals surface area contributed by atoms with E-state index in [9.17, 15) is 9.59 Å². The normalized spacial score (nSPS) is 14.4. The van der Waals surface area contributed by atoms with Crippen molar-refractivity contribution in [3.8, 4) is 17.4 Å². The lowest BCUT2D eigenvalue weighted by molar-refractivity contribution is 0.0644. The van der Waals surface area contributed by atoms with Crippen LogP contribution in [0.15, 0.2) is 47.6 Å². The molecule has 0 spiro atoms. The van der Waals surface area contributed by atoms with Gasteiger partial charge in [0.15, 0.2) is 5.69 Å². The number of methoxy groups -OCH3 is 1. The second-order valence-corrected chi connectivity index (χ2v) is 7.55. The zero-order valence-corrected chi connectivity index (χ0v) is 19.4. The van der Waals surface area contributed by atoms with Crippen molar-refractivity contribution in [1.82, 2.24) is 20.4 Å². The van der Waals surface area contributed by atoms with Crippen LogP contribution in [0, 0.1) is 0 Å². The summed E-state index contributed by atoms with van der Waals surface area (Å²) in [6.45, 7) is 3.63. The Morgan fingerprint density at radius 1 is 1.24 bits per heavy atom. The maximum absolute atomic E-state index is 12.7. The van der Waals surface area contributed by atoms with E-state index in [1.54, 1.807) is 49.5 Å². The molecule has 0 unspecified atom stereocenters. The van der Waals surface area contributed by atoms with Crippen LogP contribution in [0.4, 0.5) is 0 Å². The SMILES string of the molecule is CN/C=C\C(N)=NC(=O)c1cc(Oc2ccc(C(=O)N3CCC3)nn2)cc(O[C@@H](C)COC)c1. The largest absolute Gasteiger partial charge is 0.488 e. The van der Waals surface area contributed by atoms with Crippen LogP contribution in [-0.2, 0) is 4.74 Å². The van der Waals surface area contributed by atoms with Crippen molar-refractivity contribution in [2.75, 3.05) is 33.9 Å². The Kier molecular flexibility index (Phi) is 8.52. The zero-order chi connectivity index (χ0) is 24.5. The van der Waals surface area contributed by atoms with E-state index in [2.05, 4.69) is 20.5 Å². The number of carbonyl (C=O) groups excluding carboxylic acids is 2. The predicted molar refractivity (Wildman–Crippen MR) is 125 cm³/mol. The van der Waals surface area contributed by atoms with Crippen LogP contribution in [0.25, 0.3) is 0 Å². The van der Waals surface area contributed by atoms with Gasteiger partial charge in [-0.2, -0.15) is 4.99 Å². The fraction of sp³-hybridized carbons (Fsp3) is 0.348. The Balaban J connectivity index is 1.83. The van der Waals surface area contributed by atoms with E-state index in [0.717, 1.165) is 19.5 Å². The zero-order valence-electron chi connectivity index (χ0n) is 19.4. The maximum Gasteiger partial charge on any atom is 0.279 e. The van der Waals surface area contributed by atoms with E-state index in [1.165, 1.54) is 12.1 Å². The molecule has 2 heterocycles. The van der Waals surface area contributed by atoms with E-state index in [-0.39, 0.29) is 40.7 Å². The number of aliphatic imine (C=N–C) groups is 1. The van der Waals surface area contributed by atoms with Gasteiger partial charge in [-0.05, 0) is 43.8 Å². The number of nitrogens with one attached hydrogen (secondary N) is 1. The first-order chi connectivity index (χ1) is 16.4. The van der Waals surface area contributed by atoms with Gasteiger partial charge in [-0.1, -0.05) is 0 Å². The van der Waals surface area contributed by atoms with Gasteiger partial charge in [0.05, 0.1) is 6.61 Å². The molecular formula is C23H28N6O5. The van der Waals surface area contributed by atoms with Gasteiger partial charge in [0, 0.05) is 44.9 Å².